The Bertz CT molecular complexity index is 740. The van der Waals surface area contributed by atoms with Crippen molar-refractivity contribution in [3.8, 4) is 0 Å². The number of carbonyl (C=O) groups is 2. The third kappa shape index (κ3) is 4.94. The average molecular weight is 347 g/mol. The monoisotopic (exact) mass is 347 g/mol. The first-order valence-corrected chi connectivity index (χ1v) is 7.42. The number of nitrogens with zero attached hydrogens (tertiary/aromatic N) is 1. The van der Waals surface area contributed by atoms with Crippen molar-refractivity contribution in [2.75, 3.05) is 11.9 Å². The number of halogens is 1. The minimum absolute atomic E-state index is 0.327. The highest BCUT2D eigenvalue weighted by Crippen LogP contribution is 2.23. The van der Waals surface area contributed by atoms with E-state index in [9.17, 15) is 19.1 Å². The SMILES string of the molecule is CN(/C=C/C=C(\O)C=C1C(=O)OC(C)(C)OC1=O)c1ccc(F)cc1. The molecule has 0 aliphatic carbocycles. The number of carbonyl (C=O) groups excluding carboxylic acids is 2. The molecule has 1 aromatic rings. The molecule has 1 aliphatic heterocycles. The molecule has 1 fully saturated rings. The lowest BCUT2D eigenvalue weighted by Gasteiger charge is -2.29. The first-order valence-electron chi connectivity index (χ1n) is 7.42. The molecule has 1 aliphatic rings. The van der Waals surface area contributed by atoms with Gasteiger partial charge in [0.1, 0.15) is 17.1 Å². The van der Waals surface area contributed by atoms with Crippen molar-refractivity contribution in [1.82, 2.24) is 0 Å². The van der Waals surface area contributed by atoms with Gasteiger partial charge in [-0.25, -0.2) is 14.0 Å². The molecule has 1 N–H and O–H groups in total. The number of cyclic esters (lactones) is 2. The number of hydrogen-bond donors (Lipinski definition) is 1. The Balaban J connectivity index is 2.07. The highest BCUT2D eigenvalue weighted by Gasteiger charge is 2.38. The molecule has 7 heteroatoms. The Hall–Kier alpha value is -3.09. The van der Waals surface area contributed by atoms with Gasteiger partial charge in [-0.2, -0.15) is 0 Å². The summed E-state index contributed by atoms with van der Waals surface area (Å²) in [4.78, 5) is 25.2. The zero-order valence-corrected chi connectivity index (χ0v) is 14.0. The molecule has 0 spiro atoms. The van der Waals surface area contributed by atoms with E-state index in [0.29, 0.717) is 0 Å². The Morgan fingerprint density at radius 3 is 2.28 bits per heavy atom. The Morgan fingerprint density at radius 2 is 1.72 bits per heavy atom. The van der Waals surface area contributed by atoms with Gasteiger partial charge in [-0.3, -0.25) is 0 Å². The molecule has 0 unspecified atom stereocenters. The molecule has 6 nitrogen and oxygen atoms in total. The van der Waals surface area contributed by atoms with Gasteiger partial charge in [0, 0.05) is 38.9 Å². The van der Waals surface area contributed by atoms with Crippen LogP contribution in [0.2, 0.25) is 0 Å². The number of anilines is 1. The number of benzene rings is 1. The van der Waals surface area contributed by atoms with Crippen LogP contribution in [0.25, 0.3) is 0 Å². The Labute approximate surface area is 144 Å². The van der Waals surface area contributed by atoms with Gasteiger partial charge >= 0.3 is 11.9 Å². The van der Waals surface area contributed by atoms with Crippen molar-refractivity contribution < 1.29 is 28.6 Å². The van der Waals surface area contributed by atoms with E-state index >= 15 is 0 Å². The van der Waals surface area contributed by atoms with Gasteiger partial charge in [-0.15, -0.1) is 0 Å². The third-order valence-electron chi connectivity index (χ3n) is 3.22. The quantitative estimate of drug-likeness (QED) is 0.297. The van der Waals surface area contributed by atoms with Gasteiger partial charge in [0.2, 0.25) is 0 Å². The second kappa shape index (κ2) is 7.21. The lowest BCUT2D eigenvalue weighted by molar-refractivity contribution is -0.222. The fraction of sp³-hybridized carbons (Fsp3) is 0.222. The molecule has 0 saturated carbocycles. The van der Waals surface area contributed by atoms with Crippen LogP contribution in [0.3, 0.4) is 0 Å². The van der Waals surface area contributed by atoms with Crippen molar-refractivity contribution in [3.05, 3.63) is 65.8 Å². The number of aliphatic hydroxyl groups excluding tert-OH is 1. The molecule has 1 heterocycles. The number of aliphatic hydroxyl groups is 1. The molecule has 0 radical (unpaired) electrons. The van der Waals surface area contributed by atoms with Crippen molar-refractivity contribution in [3.63, 3.8) is 0 Å². The maximum atomic E-state index is 12.9. The fourth-order valence-corrected chi connectivity index (χ4v) is 2.01. The second-order valence-corrected chi connectivity index (χ2v) is 5.76. The van der Waals surface area contributed by atoms with E-state index in [1.807, 2.05) is 0 Å². The predicted octanol–water partition coefficient (Wildman–Crippen LogP) is 2.98. The van der Waals surface area contributed by atoms with Crippen molar-refractivity contribution in [2.24, 2.45) is 0 Å². The second-order valence-electron chi connectivity index (χ2n) is 5.76. The highest BCUT2D eigenvalue weighted by atomic mass is 19.1. The zero-order valence-electron chi connectivity index (χ0n) is 14.0. The molecule has 2 rings (SSSR count). The molecule has 0 atom stereocenters. The lowest BCUT2D eigenvalue weighted by Crippen LogP contribution is -2.41. The number of ether oxygens (including phenoxy) is 2. The highest BCUT2D eigenvalue weighted by molar-refractivity contribution is 6.15. The summed E-state index contributed by atoms with van der Waals surface area (Å²) in [5, 5.41) is 9.84. The molecule has 25 heavy (non-hydrogen) atoms. The maximum Gasteiger partial charge on any atom is 0.348 e. The van der Waals surface area contributed by atoms with Crippen LogP contribution in [0, 0.1) is 5.82 Å². The Kier molecular flexibility index (Phi) is 5.26. The normalized spacial score (nSPS) is 17.3. The first-order chi connectivity index (χ1) is 11.7. The van der Waals surface area contributed by atoms with E-state index in [0.717, 1.165) is 11.8 Å². The van der Waals surface area contributed by atoms with Crippen molar-refractivity contribution >= 4 is 17.6 Å². The topological polar surface area (TPSA) is 76.1 Å². The summed E-state index contributed by atoms with van der Waals surface area (Å²) >= 11 is 0. The van der Waals surface area contributed by atoms with E-state index in [1.165, 1.54) is 38.1 Å². The van der Waals surface area contributed by atoms with Crippen LogP contribution in [0.15, 0.2) is 60.0 Å². The summed E-state index contributed by atoms with van der Waals surface area (Å²) in [7, 11) is 1.74. The van der Waals surface area contributed by atoms with Gasteiger partial charge in [0.15, 0.2) is 0 Å². The third-order valence-corrected chi connectivity index (χ3v) is 3.22. The van der Waals surface area contributed by atoms with Gasteiger partial charge < -0.3 is 19.5 Å². The zero-order chi connectivity index (χ0) is 18.6. The van der Waals surface area contributed by atoms with Crippen molar-refractivity contribution in [1.29, 1.82) is 0 Å². The van der Waals surface area contributed by atoms with Crippen LogP contribution < -0.4 is 4.90 Å². The molecule has 0 bridgehead atoms. The molecule has 0 aromatic heterocycles. The molecular formula is C18H18FNO5. The van der Waals surface area contributed by atoms with Crippen LogP contribution in [-0.2, 0) is 19.1 Å². The van der Waals surface area contributed by atoms with Gasteiger partial charge in [-0.1, -0.05) is 0 Å². The van der Waals surface area contributed by atoms with Gasteiger partial charge in [-0.05, 0) is 36.4 Å². The van der Waals surface area contributed by atoms with E-state index in [4.69, 9.17) is 9.47 Å². The first kappa shape index (κ1) is 18.3. The molecule has 1 aromatic carbocycles. The number of esters is 2. The largest absolute Gasteiger partial charge is 0.508 e. The predicted molar refractivity (Wildman–Crippen MR) is 89.0 cm³/mol. The summed E-state index contributed by atoms with van der Waals surface area (Å²) in [6.07, 6.45) is 5.37. The van der Waals surface area contributed by atoms with Crippen LogP contribution >= 0.6 is 0 Å². The summed E-state index contributed by atoms with van der Waals surface area (Å²) in [6, 6.07) is 5.86. The Morgan fingerprint density at radius 1 is 1.16 bits per heavy atom. The summed E-state index contributed by atoms with van der Waals surface area (Å²) in [5.74, 6) is -3.72. The lowest BCUT2D eigenvalue weighted by atomic mass is 10.2. The van der Waals surface area contributed by atoms with E-state index in [-0.39, 0.29) is 11.6 Å². The smallest absolute Gasteiger partial charge is 0.348 e. The molecular weight excluding hydrogens is 329 g/mol. The van der Waals surface area contributed by atoms with Crippen LogP contribution in [0.4, 0.5) is 10.1 Å². The molecule has 0 amide bonds. The van der Waals surface area contributed by atoms with E-state index in [2.05, 4.69) is 0 Å². The van der Waals surface area contributed by atoms with Crippen molar-refractivity contribution in [2.45, 2.75) is 19.6 Å². The number of allylic oxidation sites excluding steroid dienone is 3. The summed E-state index contributed by atoms with van der Waals surface area (Å²) < 4.78 is 22.7. The van der Waals surface area contributed by atoms with Gasteiger partial charge in [0.25, 0.3) is 5.79 Å². The maximum absolute atomic E-state index is 12.9. The standard InChI is InChI=1S/C18H18FNO5/c1-18(2)24-16(22)15(17(23)25-18)11-14(21)5-4-10-20(3)13-8-6-12(19)7-9-13/h4-11,21H,1-3H3/b10-4+,14-5-. The number of rotatable bonds is 4. The van der Waals surface area contributed by atoms with E-state index < -0.39 is 23.3 Å². The van der Waals surface area contributed by atoms with Crippen LogP contribution in [0.1, 0.15) is 13.8 Å². The average Bonchev–Trinajstić information content (AvgIpc) is 2.50. The summed E-state index contributed by atoms with van der Waals surface area (Å²) in [5.41, 5.74) is 0.346. The minimum Gasteiger partial charge on any atom is -0.508 e. The molecule has 1 saturated heterocycles. The van der Waals surface area contributed by atoms with Crippen LogP contribution in [-0.4, -0.2) is 29.9 Å². The van der Waals surface area contributed by atoms with Gasteiger partial charge in [0.05, 0.1) is 0 Å². The van der Waals surface area contributed by atoms with E-state index in [1.54, 1.807) is 30.3 Å². The van der Waals surface area contributed by atoms with Crippen LogP contribution in [0.5, 0.6) is 0 Å². The minimum atomic E-state index is -1.33. The number of hydrogen-bond acceptors (Lipinski definition) is 6. The fourth-order valence-electron chi connectivity index (χ4n) is 2.01. The molecule has 132 valence electrons. The summed E-state index contributed by atoms with van der Waals surface area (Å²) in [6.45, 7) is 2.87.